The fraction of sp³-hybridized carbons (Fsp3) is 1.00. The van der Waals surface area contributed by atoms with Crippen LogP contribution in [0.1, 0.15) is 40.5 Å². The third kappa shape index (κ3) is 1.53. The molecule has 1 aliphatic rings. The lowest BCUT2D eigenvalue weighted by molar-refractivity contribution is 0.381. The summed E-state index contributed by atoms with van der Waals surface area (Å²) in [6.07, 6.45) is 2.94. The highest BCUT2D eigenvalue weighted by atomic mass is 14.3. The van der Waals surface area contributed by atoms with Gasteiger partial charge in [-0.05, 0) is 36.5 Å². The molecule has 1 aliphatic carbocycles. The first-order chi connectivity index (χ1) is 4.61. The topological polar surface area (TPSA) is 0 Å². The van der Waals surface area contributed by atoms with Gasteiger partial charge in [-0.15, -0.1) is 0 Å². The van der Waals surface area contributed by atoms with Crippen LogP contribution in [0.5, 0.6) is 0 Å². The fourth-order valence-electron chi connectivity index (χ4n) is 2.06. The van der Waals surface area contributed by atoms with Crippen molar-refractivity contribution in [1.82, 2.24) is 0 Å². The van der Waals surface area contributed by atoms with E-state index in [1.807, 2.05) is 0 Å². The van der Waals surface area contributed by atoms with Gasteiger partial charge in [0.1, 0.15) is 0 Å². The fourth-order valence-corrected chi connectivity index (χ4v) is 2.06. The van der Waals surface area contributed by atoms with Crippen molar-refractivity contribution in [1.29, 1.82) is 0 Å². The van der Waals surface area contributed by atoms with Crippen molar-refractivity contribution in [2.45, 2.75) is 40.5 Å². The van der Waals surface area contributed by atoms with E-state index in [0.717, 1.165) is 23.7 Å². The van der Waals surface area contributed by atoms with Gasteiger partial charge in [-0.2, -0.15) is 0 Å². The Morgan fingerprint density at radius 3 is 1.60 bits per heavy atom. The Kier molecular flexibility index (Phi) is 2.38. The van der Waals surface area contributed by atoms with Gasteiger partial charge in [-0.3, -0.25) is 0 Å². The summed E-state index contributed by atoms with van der Waals surface area (Å²) >= 11 is 0. The van der Waals surface area contributed by atoms with Gasteiger partial charge in [0.05, 0.1) is 0 Å². The van der Waals surface area contributed by atoms with E-state index in [0.29, 0.717) is 0 Å². The van der Waals surface area contributed by atoms with Gasteiger partial charge in [0.15, 0.2) is 0 Å². The van der Waals surface area contributed by atoms with E-state index in [-0.39, 0.29) is 0 Å². The molecule has 0 spiro atoms. The highest BCUT2D eigenvalue weighted by Crippen LogP contribution is 2.39. The third-order valence-corrected chi connectivity index (χ3v) is 3.26. The first-order valence-corrected chi connectivity index (χ1v) is 4.61. The van der Waals surface area contributed by atoms with Crippen molar-refractivity contribution >= 4 is 0 Å². The average Bonchev–Trinajstić information content (AvgIpc) is 2.13. The average molecular weight is 140 g/mol. The summed E-state index contributed by atoms with van der Waals surface area (Å²) in [6, 6.07) is 0. The van der Waals surface area contributed by atoms with Gasteiger partial charge in [0.25, 0.3) is 0 Å². The molecule has 0 saturated heterocycles. The second-order valence-corrected chi connectivity index (χ2v) is 4.43. The van der Waals surface area contributed by atoms with E-state index in [1.165, 1.54) is 12.8 Å². The third-order valence-electron chi connectivity index (χ3n) is 3.26. The highest BCUT2D eigenvalue weighted by molar-refractivity contribution is 4.79. The quantitative estimate of drug-likeness (QED) is 0.524. The van der Waals surface area contributed by atoms with Gasteiger partial charge in [-0.1, -0.05) is 27.7 Å². The molecule has 0 N–H and O–H groups in total. The Balaban J connectivity index is 2.41. The molecule has 1 saturated carbocycles. The Morgan fingerprint density at radius 1 is 1.00 bits per heavy atom. The monoisotopic (exact) mass is 140 g/mol. The van der Waals surface area contributed by atoms with E-state index in [1.54, 1.807) is 0 Å². The summed E-state index contributed by atoms with van der Waals surface area (Å²) in [5, 5.41) is 0. The first kappa shape index (κ1) is 8.10. The van der Waals surface area contributed by atoms with Crippen molar-refractivity contribution in [3.05, 3.63) is 0 Å². The van der Waals surface area contributed by atoms with Crippen LogP contribution in [0, 0.1) is 23.7 Å². The molecule has 1 rings (SSSR count). The molecule has 0 aromatic heterocycles. The Morgan fingerprint density at radius 2 is 1.40 bits per heavy atom. The maximum absolute atomic E-state index is 2.40. The predicted molar refractivity (Wildman–Crippen MR) is 45.9 cm³/mol. The number of hydrogen-bond acceptors (Lipinski definition) is 0. The SMILES string of the molecule is CC(C)C1C[C@@H](C)[C@@H](C)C1. The molecule has 0 bridgehead atoms. The highest BCUT2D eigenvalue weighted by Gasteiger charge is 2.29. The molecule has 0 nitrogen and oxygen atoms in total. The van der Waals surface area contributed by atoms with Gasteiger partial charge < -0.3 is 0 Å². The maximum Gasteiger partial charge on any atom is -0.0386 e. The van der Waals surface area contributed by atoms with Crippen LogP contribution in [-0.4, -0.2) is 0 Å². The van der Waals surface area contributed by atoms with Crippen molar-refractivity contribution in [2.24, 2.45) is 23.7 Å². The Hall–Kier alpha value is 0. The molecule has 0 aromatic rings. The van der Waals surface area contributed by atoms with E-state index in [9.17, 15) is 0 Å². The lowest BCUT2D eigenvalue weighted by Crippen LogP contribution is -2.03. The van der Waals surface area contributed by atoms with Crippen molar-refractivity contribution in [2.75, 3.05) is 0 Å². The molecule has 0 amide bonds. The normalized spacial score (nSPS) is 41.1. The zero-order valence-electron chi connectivity index (χ0n) is 7.72. The maximum atomic E-state index is 2.40. The molecular formula is C10H20. The largest absolute Gasteiger partial charge is 0.0625 e. The summed E-state index contributed by atoms with van der Waals surface area (Å²) in [7, 11) is 0. The second-order valence-electron chi connectivity index (χ2n) is 4.43. The van der Waals surface area contributed by atoms with Crippen LogP contribution in [0.15, 0.2) is 0 Å². The molecule has 60 valence electrons. The standard InChI is InChI=1S/C10H20/c1-7(2)10-5-8(3)9(4)6-10/h7-10H,5-6H2,1-4H3/t8-,9+,10?. The van der Waals surface area contributed by atoms with Gasteiger partial charge in [-0.25, -0.2) is 0 Å². The second kappa shape index (κ2) is 2.94. The van der Waals surface area contributed by atoms with Crippen molar-refractivity contribution in [3.63, 3.8) is 0 Å². The molecule has 0 aromatic carbocycles. The van der Waals surface area contributed by atoms with E-state index < -0.39 is 0 Å². The molecule has 1 fully saturated rings. The zero-order chi connectivity index (χ0) is 7.72. The van der Waals surface area contributed by atoms with Crippen LogP contribution in [0.4, 0.5) is 0 Å². The zero-order valence-corrected chi connectivity index (χ0v) is 7.72. The molecular weight excluding hydrogens is 120 g/mol. The van der Waals surface area contributed by atoms with E-state index in [4.69, 9.17) is 0 Å². The molecule has 0 aliphatic heterocycles. The van der Waals surface area contributed by atoms with Crippen molar-refractivity contribution in [3.8, 4) is 0 Å². The lowest BCUT2D eigenvalue weighted by Gasteiger charge is -2.12. The minimum Gasteiger partial charge on any atom is -0.0625 e. The Labute approximate surface area is 65.0 Å². The van der Waals surface area contributed by atoms with Crippen LogP contribution in [0.3, 0.4) is 0 Å². The van der Waals surface area contributed by atoms with Crippen molar-refractivity contribution < 1.29 is 0 Å². The summed E-state index contributed by atoms with van der Waals surface area (Å²) in [5.41, 5.74) is 0. The summed E-state index contributed by atoms with van der Waals surface area (Å²) in [6.45, 7) is 9.50. The molecule has 3 atom stereocenters. The first-order valence-electron chi connectivity index (χ1n) is 4.61. The Bertz CT molecular complexity index is 94.6. The smallest absolute Gasteiger partial charge is 0.0386 e. The molecule has 1 unspecified atom stereocenters. The van der Waals surface area contributed by atoms with Crippen LogP contribution in [-0.2, 0) is 0 Å². The molecule has 10 heavy (non-hydrogen) atoms. The molecule has 0 radical (unpaired) electrons. The molecule has 0 heterocycles. The van der Waals surface area contributed by atoms with Crippen LogP contribution < -0.4 is 0 Å². The summed E-state index contributed by atoms with van der Waals surface area (Å²) in [5.74, 6) is 3.89. The van der Waals surface area contributed by atoms with E-state index >= 15 is 0 Å². The number of hydrogen-bond donors (Lipinski definition) is 0. The van der Waals surface area contributed by atoms with Crippen LogP contribution >= 0.6 is 0 Å². The van der Waals surface area contributed by atoms with Gasteiger partial charge in [0, 0.05) is 0 Å². The van der Waals surface area contributed by atoms with Gasteiger partial charge >= 0.3 is 0 Å². The lowest BCUT2D eigenvalue weighted by atomic mass is 9.93. The van der Waals surface area contributed by atoms with Crippen LogP contribution in [0.25, 0.3) is 0 Å². The minimum atomic E-state index is 0.910. The van der Waals surface area contributed by atoms with Crippen LogP contribution in [0.2, 0.25) is 0 Å². The minimum absolute atomic E-state index is 0.910. The summed E-state index contributed by atoms with van der Waals surface area (Å²) < 4.78 is 0. The van der Waals surface area contributed by atoms with Gasteiger partial charge in [0.2, 0.25) is 0 Å². The predicted octanol–water partition coefficient (Wildman–Crippen LogP) is 3.32. The summed E-state index contributed by atoms with van der Waals surface area (Å²) in [4.78, 5) is 0. The number of rotatable bonds is 1. The van der Waals surface area contributed by atoms with E-state index in [2.05, 4.69) is 27.7 Å². The molecule has 0 heteroatoms.